The molecule has 0 N–H and O–H groups in total. The number of ether oxygens (including phenoxy) is 1. The third kappa shape index (κ3) is 4.95. The van der Waals surface area contributed by atoms with Crippen LogP contribution in [0, 0.1) is 6.92 Å². The van der Waals surface area contributed by atoms with Crippen LogP contribution in [0.2, 0.25) is 0 Å². The molecule has 3 aromatic rings. The first-order valence-electron chi connectivity index (χ1n) is 8.55. The fourth-order valence-corrected chi connectivity index (χ4v) is 2.93. The molecule has 2 aromatic carbocycles. The second kappa shape index (κ2) is 8.86. The van der Waals surface area contributed by atoms with Crippen molar-refractivity contribution in [2.24, 2.45) is 0 Å². The number of alkyl halides is 1. The Kier molecular flexibility index (Phi) is 6.29. The van der Waals surface area contributed by atoms with E-state index in [-0.39, 0.29) is 0 Å². The molecule has 3 rings (SSSR count). The summed E-state index contributed by atoms with van der Waals surface area (Å²) >= 11 is 3.46. The molecule has 0 spiro atoms. The van der Waals surface area contributed by atoms with E-state index in [1.54, 1.807) is 0 Å². The van der Waals surface area contributed by atoms with Crippen LogP contribution in [0.3, 0.4) is 0 Å². The number of halogens is 1. The maximum atomic E-state index is 5.85. The molecular formula is C21H22BrNO2. The van der Waals surface area contributed by atoms with E-state index in [9.17, 15) is 0 Å². The summed E-state index contributed by atoms with van der Waals surface area (Å²) in [5.74, 6) is 2.42. The molecule has 0 aliphatic rings. The molecule has 25 heavy (non-hydrogen) atoms. The van der Waals surface area contributed by atoms with Gasteiger partial charge in [0.05, 0.1) is 12.3 Å². The zero-order chi connectivity index (χ0) is 17.5. The van der Waals surface area contributed by atoms with E-state index >= 15 is 0 Å². The van der Waals surface area contributed by atoms with Crippen molar-refractivity contribution in [3.63, 3.8) is 0 Å². The fraction of sp³-hybridized carbons (Fsp3) is 0.286. The van der Waals surface area contributed by atoms with Crippen LogP contribution in [0.25, 0.3) is 11.5 Å². The van der Waals surface area contributed by atoms with Crippen molar-refractivity contribution in [3.05, 3.63) is 71.6 Å². The Hall–Kier alpha value is -2.07. The van der Waals surface area contributed by atoms with E-state index in [1.807, 2.05) is 49.4 Å². The molecule has 0 amide bonds. The van der Waals surface area contributed by atoms with E-state index in [0.717, 1.165) is 47.4 Å². The molecule has 0 saturated carbocycles. The summed E-state index contributed by atoms with van der Waals surface area (Å²) in [5.41, 5.74) is 3.29. The minimum Gasteiger partial charge on any atom is -0.493 e. The number of hydrogen-bond acceptors (Lipinski definition) is 3. The Balaban J connectivity index is 1.54. The Morgan fingerprint density at radius 1 is 1.00 bits per heavy atom. The van der Waals surface area contributed by atoms with Crippen LogP contribution in [0.5, 0.6) is 5.75 Å². The molecule has 0 fully saturated rings. The summed E-state index contributed by atoms with van der Waals surface area (Å²) in [4.78, 5) is 4.61. The number of aryl methyl sites for hydroxylation is 2. The van der Waals surface area contributed by atoms with Gasteiger partial charge >= 0.3 is 0 Å². The standard InChI is InChI=1S/C21H22BrNO2/c1-16-20(23-21(25-16)18-7-3-2-4-8-18)13-15-24-19-11-9-17(10-12-19)6-5-14-22/h2-4,7-12H,5-6,13-15H2,1H3. The number of aromatic nitrogens is 1. The smallest absolute Gasteiger partial charge is 0.226 e. The van der Waals surface area contributed by atoms with Crippen LogP contribution in [-0.4, -0.2) is 16.9 Å². The molecule has 0 bridgehead atoms. The van der Waals surface area contributed by atoms with Gasteiger partial charge in [0.15, 0.2) is 0 Å². The Labute approximate surface area is 157 Å². The topological polar surface area (TPSA) is 35.3 Å². The normalized spacial score (nSPS) is 10.8. The molecular weight excluding hydrogens is 378 g/mol. The monoisotopic (exact) mass is 399 g/mol. The van der Waals surface area contributed by atoms with Crippen molar-refractivity contribution in [1.82, 2.24) is 4.98 Å². The first-order chi connectivity index (χ1) is 12.3. The van der Waals surface area contributed by atoms with Gasteiger partial charge in [-0.05, 0) is 49.6 Å². The fourth-order valence-electron chi connectivity index (χ4n) is 2.65. The van der Waals surface area contributed by atoms with Crippen LogP contribution >= 0.6 is 15.9 Å². The molecule has 0 atom stereocenters. The lowest BCUT2D eigenvalue weighted by molar-refractivity contribution is 0.320. The SMILES string of the molecule is Cc1oc(-c2ccccc2)nc1CCOc1ccc(CCCBr)cc1. The van der Waals surface area contributed by atoms with Gasteiger partial charge in [-0.15, -0.1) is 0 Å². The Morgan fingerprint density at radius 2 is 1.76 bits per heavy atom. The highest BCUT2D eigenvalue weighted by Gasteiger charge is 2.11. The van der Waals surface area contributed by atoms with Crippen LogP contribution in [-0.2, 0) is 12.8 Å². The van der Waals surface area contributed by atoms with Crippen molar-refractivity contribution in [2.45, 2.75) is 26.2 Å². The van der Waals surface area contributed by atoms with Gasteiger partial charge in [0.2, 0.25) is 5.89 Å². The van der Waals surface area contributed by atoms with Gasteiger partial charge < -0.3 is 9.15 Å². The molecule has 0 aliphatic carbocycles. The number of rotatable bonds is 8. The largest absolute Gasteiger partial charge is 0.493 e. The minimum atomic E-state index is 0.586. The molecule has 130 valence electrons. The van der Waals surface area contributed by atoms with Crippen molar-refractivity contribution >= 4 is 15.9 Å². The maximum Gasteiger partial charge on any atom is 0.226 e. The van der Waals surface area contributed by atoms with Crippen LogP contribution < -0.4 is 4.74 Å². The second-order valence-corrected chi connectivity index (χ2v) is 6.72. The molecule has 1 aromatic heterocycles. The first-order valence-corrected chi connectivity index (χ1v) is 9.68. The minimum absolute atomic E-state index is 0.586. The number of benzene rings is 2. The molecule has 1 heterocycles. The second-order valence-electron chi connectivity index (χ2n) is 5.92. The van der Waals surface area contributed by atoms with Crippen LogP contribution in [0.1, 0.15) is 23.4 Å². The van der Waals surface area contributed by atoms with Gasteiger partial charge in [-0.2, -0.15) is 0 Å². The Bertz CT molecular complexity index is 781. The summed E-state index contributed by atoms with van der Waals surface area (Å²) in [5, 5.41) is 1.03. The Morgan fingerprint density at radius 3 is 2.48 bits per heavy atom. The van der Waals surface area contributed by atoms with E-state index in [2.05, 4.69) is 33.0 Å². The van der Waals surface area contributed by atoms with Gasteiger partial charge in [-0.3, -0.25) is 0 Å². The summed E-state index contributed by atoms with van der Waals surface area (Å²) in [7, 11) is 0. The quantitative estimate of drug-likeness (QED) is 0.462. The van der Waals surface area contributed by atoms with Gasteiger partial charge in [-0.1, -0.05) is 46.3 Å². The molecule has 4 heteroatoms. The van der Waals surface area contributed by atoms with Crippen molar-refractivity contribution < 1.29 is 9.15 Å². The molecule has 0 aliphatic heterocycles. The van der Waals surface area contributed by atoms with Crippen molar-refractivity contribution in [1.29, 1.82) is 0 Å². The van der Waals surface area contributed by atoms with Gasteiger partial charge in [-0.25, -0.2) is 4.98 Å². The predicted octanol–water partition coefficient (Wildman–Crippen LogP) is 5.60. The average molecular weight is 400 g/mol. The van der Waals surface area contributed by atoms with Crippen LogP contribution in [0.4, 0.5) is 0 Å². The van der Waals surface area contributed by atoms with Crippen LogP contribution in [0.15, 0.2) is 59.0 Å². The van der Waals surface area contributed by atoms with Gasteiger partial charge in [0, 0.05) is 17.3 Å². The van der Waals surface area contributed by atoms with E-state index in [4.69, 9.17) is 9.15 Å². The highest BCUT2D eigenvalue weighted by Crippen LogP contribution is 2.22. The third-order valence-electron chi connectivity index (χ3n) is 4.04. The van der Waals surface area contributed by atoms with Crippen molar-refractivity contribution in [2.75, 3.05) is 11.9 Å². The van der Waals surface area contributed by atoms with E-state index in [1.165, 1.54) is 5.56 Å². The molecule has 0 unspecified atom stereocenters. The number of oxazole rings is 1. The highest BCUT2D eigenvalue weighted by molar-refractivity contribution is 9.09. The average Bonchev–Trinajstić information content (AvgIpc) is 3.03. The highest BCUT2D eigenvalue weighted by atomic mass is 79.9. The van der Waals surface area contributed by atoms with Gasteiger partial charge in [0.25, 0.3) is 0 Å². The molecule has 0 saturated heterocycles. The van der Waals surface area contributed by atoms with E-state index < -0.39 is 0 Å². The predicted molar refractivity (Wildman–Crippen MR) is 104 cm³/mol. The third-order valence-corrected chi connectivity index (χ3v) is 4.60. The summed E-state index contributed by atoms with van der Waals surface area (Å²) in [6.45, 7) is 2.54. The van der Waals surface area contributed by atoms with Crippen molar-refractivity contribution in [3.8, 4) is 17.2 Å². The van der Waals surface area contributed by atoms with E-state index in [0.29, 0.717) is 12.5 Å². The molecule has 3 nitrogen and oxygen atoms in total. The summed E-state index contributed by atoms with van der Waals surface area (Å²) in [6.07, 6.45) is 2.97. The molecule has 0 radical (unpaired) electrons. The zero-order valence-corrected chi connectivity index (χ0v) is 16.0. The summed E-state index contributed by atoms with van der Waals surface area (Å²) in [6, 6.07) is 18.3. The zero-order valence-electron chi connectivity index (χ0n) is 14.4. The van der Waals surface area contributed by atoms with Gasteiger partial charge in [0.1, 0.15) is 11.5 Å². The number of hydrogen-bond donors (Lipinski definition) is 0. The lowest BCUT2D eigenvalue weighted by Crippen LogP contribution is -2.02. The lowest BCUT2D eigenvalue weighted by Gasteiger charge is -2.06. The maximum absolute atomic E-state index is 5.85. The lowest BCUT2D eigenvalue weighted by atomic mass is 10.1. The number of nitrogens with zero attached hydrogens (tertiary/aromatic N) is 1. The summed E-state index contributed by atoms with van der Waals surface area (Å²) < 4.78 is 11.6. The first kappa shape index (κ1) is 17.7.